The molecule has 118 valence electrons. The van der Waals surface area contributed by atoms with Crippen LogP contribution in [0.25, 0.3) is 5.69 Å². The van der Waals surface area contributed by atoms with Gasteiger partial charge in [0.15, 0.2) is 11.8 Å². The van der Waals surface area contributed by atoms with Crippen molar-refractivity contribution in [2.24, 2.45) is 0 Å². The number of rotatable bonds is 2. The van der Waals surface area contributed by atoms with Gasteiger partial charge in [0.1, 0.15) is 0 Å². The van der Waals surface area contributed by atoms with Crippen molar-refractivity contribution in [1.29, 1.82) is 0 Å². The van der Waals surface area contributed by atoms with Crippen LogP contribution in [-0.4, -0.2) is 43.6 Å². The van der Waals surface area contributed by atoms with Crippen LogP contribution in [0.1, 0.15) is 16.1 Å². The molecule has 1 aliphatic rings. The molecule has 0 aliphatic carbocycles. The lowest BCUT2D eigenvalue weighted by Gasteiger charge is -2.30. The van der Waals surface area contributed by atoms with Crippen molar-refractivity contribution < 1.29 is 24.6 Å². The van der Waals surface area contributed by atoms with E-state index >= 15 is 0 Å². The number of benzene rings is 1. The summed E-state index contributed by atoms with van der Waals surface area (Å²) in [5, 5.41) is 18.5. The number of aliphatic carboxylic acids is 1. The molecule has 0 saturated carbocycles. The van der Waals surface area contributed by atoms with Gasteiger partial charge in [0.25, 0.3) is 0 Å². The average Bonchev–Trinajstić information content (AvgIpc) is 2.84. The summed E-state index contributed by atoms with van der Waals surface area (Å²) >= 11 is 3.35. The van der Waals surface area contributed by atoms with Crippen LogP contribution in [0.2, 0.25) is 0 Å². The lowest BCUT2D eigenvalue weighted by Crippen LogP contribution is -2.52. The predicted molar refractivity (Wildman–Crippen MR) is 82.8 cm³/mol. The van der Waals surface area contributed by atoms with E-state index in [1.807, 2.05) is 30.3 Å². The van der Waals surface area contributed by atoms with Crippen molar-refractivity contribution in [3.8, 4) is 5.69 Å². The number of carbonyl (C=O) groups is 3. The maximum absolute atomic E-state index is 12.4. The number of hydrogen-bond acceptors (Lipinski definition) is 3. The number of ketones is 1. The molecule has 2 aromatic rings. The Kier molecular flexibility index (Phi) is 3.69. The average molecular weight is 379 g/mol. The van der Waals surface area contributed by atoms with Gasteiger partial charge < -0.3 is 14.8 Å². The molecule has 0 spiro atoms. The van der Waals surface area contributed by atoms with Crippen LogP contribution in [0.4, 0.5) is 4.79 Å². The molecule has 7 nitrogen and oxygen atoms in total. The number of halogens is 1. The van der Waals surface area contributed by atoms with Gasteiger partial charge in [-0.2, -0.15) is 0 Å². The van der Waals surface area contributed by atoms with E-state index in [4.69, 9.17) is 0 Å². The number of hydrogen-bond donors (Lipinski definition) is 2. The van der Waals surface area contributed by atoms with Gasteiger partial charge in [0, 0.05) is 11.3 Å². The Labute approximate surface area is 138 Å². The molecule has 0 fully saturated rings. The minimum Gasteiger partial charge on any atom is -0.479 e. The molecule has 0 radical (unpaired) electrons. The third-order valence-electron chi connectivity index (χ3n) is 3.70. The normalized spacial score (nSPS) is 17.0. The van der Waals surface area contributed by atoms with Crippen LogP contribution in [0.5, 0.6) is 0 Å². The molecule has 1 aromatic carbocycles. The van der Waals surface area contributed by atoms with Gasteiger partial charge in [-0.3, -0.25) is 9.69 Å². The number of amides is 1. The highest BCUT2D eigenvalue weighted by Gasteiger charge is 2.43. The summed E-state index contributed by atoms with van der Waals surface area (Å²) in [4.78, 5) is 35.8. The highest BCUT2D eigenvalue weighted by Crippen LogP contribution is 2.32. The highest BCUT2D eigenvalue weighted by molar-refractivity contribution is 9.10. The molecular formula is C15H11BrN2O5. The van der Waals surface area contributed by atoms with E-state index in [-0.39, 0.29) is 12.1 Å². The van der Waals surface area contributed by atoms with Crippen LogP contribution in [0.3, 0.4) is 0 Å². The Morgan fingerprint density at radius 3 is 2.39 bits per heavy atom. The first-order valence-corrected chi connectivity index (χ1v) is 7.43. The zero-order chi connectivity index (χ0) is 16.7. The first-order chi connectivity index (χ1) is 10.9. The summed E-state index contributed by atoms with van der Waals surface area (Å²) in [7, 11) is 0. The molecule has 8 heteroatoms. The lowest BCUT2D eigenvalue weighted by atomic mass is 9.98. The predicted octanol–water partition coefficient (Wildman–Crippen LogP) is 2.37. The van der Waals surface area contributed by atoms with Crippen molar-refractivity contribution in [2.75, 3.05) is 0 Å². The number of Topliss-reactive ketones (excluding diaryl/α,β-unsaturated/α-hetero) is 1. The molecule has 23 heavy (non-hydrogen) atoms. The Hall–Kier alpha value is -2.61. The number of para-hydroxylation sites is 1. The Bertz CT molecular complexity index is 815. The van der Waals surface area contributed by atoms with Crippen LogP contribution in [0.15, 0.2) is 41.0 Å². The van der Waals surface area contributed by atoms with Gasteiger partial charge in [-0.05, 0) is 34.1 Å². The van der Waals surface area contributed by atoms with Gasteiger partial charge in [-0.25, -0.2) is 9.59 Å². The maximum Gasteiger partial charge on any atom is 0.408 e. The van der Waals surface area contributed by atoms with Gasteiger partial charge in [-0.1, -0.05) is 18.2 Å². The summed E-state index contributed by atoms with van der Waals surface area (Å²) in [5.74, 6) is -2.22. The Morgan fingerprint density at radius 1 is 1.17 bits per heavy atom. The van der Waals surface area contributed by atoms with E-state index in [9.17, 15) is 24.6 Å². The quantitative estimate of drug-likeness (QED) is 0.781. The topological polar surface area (TPSA) is 99.8 Å². The van der Waals surface area contributed by atoms with Gasteiger partial charge >= 0.3 is 12.1 Å². The standard InChI is InChI=1S/C15H11BrN2O5/c16-11-6-9-10(18(11)8-4-2-1-3-5-8)7-17(15(22)23)12(13(9)19)14(20)21/h1-6,12H,7H2,(H,20,21)(H,22,23). The monoisotopic (exact) mass is 378 g/mol. The van der Waals surface area contributed by atoms with Crippen molar-refractivity contribution in [1.82, 2.24) is 9.47 Å². The second-order valence-electron chi connectivity index (χ2n) is 5.01. The van der Waals surface area contributed by atoms with Crippen molar-refractivity contribution in [3.63, 3.8) is 0 Å². The van der Waals surface area contributed by atoms with Crippen LogP contribution < -0.4 is 0 Å². The molecular weight excluding hydrogens is 368 g/mol. The van der Waals surface area contributed by atoms with Crippen LogP contribution in [0, 0.1) is 0 Å². The number of carbonyl (C=O) groups excluding carboxylic acids is 1. The minimum absolute atomic E-state index is 0.187. The maximum atomic E-state index is 12.4. The molecule has 1 aromatic heterocycles. The van der Waals surface area contributed by atoms with Gasteiger partial charge in [-0.15, -0.1) is 0 Å². The largest absolute Gasteiger partial charge is 0.479 e. The SMILES string of the molecule is O=C(O)C1C(=O)c2cc(Br)n(-c3ccccc3)c2CN1C(=O)O. The van der Waals surface area contributed by atoms with E-state index in [0.717, 1.165) is 5.69 Å². The van der Waals surface area contributed by atoms with Crippen LogP contribution in [-0.2, 0) is 11.3 Å². The number of carboxylic acid groups (broad SMARTS) is 2. The molecule has 0 saturated heterocycles. The van der Waals surface area contributed by atoms with E-state index in [2.05, 4.69) is 15.9 Å². The number of carboxylic acids is 1. The zero-order valence-electron chi connectivity index (χ0n) is 11.6. The van der Waals surface area contributed by atoms with E-state index in [0.29, 0.717) is 15.2 Å². The van der Waals surface area contributed by atoms with Crippen LogP contribution >= 0.6 is 15.9 Å². The molecule has 1 unspecified atom stereocenters. The summed E-state index contributed by atoms with van der Waals surface area (Å²) in [6.07, 6.45) is -1.45. The van der Waals surface area contributed by atoms with Crippen molar-refractivity contribution in [2.45, 2.75) is 12.6 Å². The Balaban J connectivity index is 2.19. The zero-order valence-corrected chi connectivity index (χ0v) is 13.2. The third kappa shape index (κ3) is 2.40. The molecule has 1 aliphatic heterocycles. The lowest BCUT2D eigenvalue weighted by molar-refractivity contribution is -0.141. The first-order valence-electron chi connectivity index (χ1n) is 6.64. The summed E-state index contributed by atoms with van der Waals surface area (Å²) in [6.45, 7) is -0.187. The second-order valence-corrected chi connectivity index (χ2v) is 5.83. The fraction of sp³-hybridized carbons (Fsp3) is 0.133. The molecule has 2 N–H and O–H groups in total. The van der Waals surface area contributed by atoms with Crippen molar-refractivity contribution >= 4 is 33.8 Å². The fourth-order valence-corrected chi connectivity index (χ4v) is 3.35. The summed E-state index contributed by atoms with van der Waals surface area (Å²) in [6, 6.07) is 8.89. The van der Waals surface area contributed by atoms with Gasteiger partial charge in [0.05, 0.1) is 16.8 Å². The van der Waals surface area contributed by atoms with E-state index in [1.54, 1.807) is 4.57 Å². The van der Waals surface area contributed by atoms with E-state index < -0.39 is 23.9 Å². The minimum atomic E-state index is -1.72. The Morgan fingerprint density at radius 2 is 1.83 bits per heavy atom. The molecule has 0 bridgehead atoms. The van der Waals surface area contributed by atoms with Crippen molar-refractivity contribution in [3.05, 3.63) is 52.3 Å². The molecule has 1 amide bonds. The number of nitrogens with zero attached hydrogens (tertiary/aromatic N) is 2. The number of aromatic nitrogens is 1. The molecule has 3 rings (SSSR count). The van der Waals surface area contributed by atoms with Gasteiger partial charge in [0.2, 0.25) is 0 Å². The smallest absolute Gasteiger partial charge is 0.408 e. The third-order valence-corrected chi connectivity index (χ3v) is 4.28. The highest BCUT2D eigenvalue weighted by atomic mass is 79.9. The summed E-state index contributed by atoms with van der Waals surface area (Å²) < 4.78 is 2.25. The fourth-order valence-electron chi connectivity index (χ4n) is 2.71. The number of fused-ring (bicyclic) bond motifs is 1. The summed E-state index contributed by atoms with van der Waals surface area (Å²) in [5.41, 5.74) is 1.39. The molecule has 2 heterocycles. The second kappa shape index (κ2) is 5.54. The molecule has 1 atom stereocenters. The first kappa shape index (κ1) is 15.3. The van der Waals surface area contributed by atoms with E-state index in [1.165, 1.54) is 6.07 Å².